The fourth-order valence-corrected chi connectivity index (χ4v) is 4.44. The van der Waals surface area contributed by atoms with Crippen LogP contribution in [0.3, 0.4) is 0 Å². The molecule has 3 aromatic rings. The lowest BCUT2D eigenvalue weighted by Crippen LogP contribution is -2.50. The molecule has 3 atom stereocenters. The number of amides is 1. The maximum absolute atomic E-state index is 14.3. The third-order valence-corrected chi connectivity index (χ3v) is 6.36. The number of aromatic nitrogens is 4. The van der Waals surface area contributed by atoms with Gasteiger partial charge in [-0.25, -0.2) is 13.8 Å². The summed E-state index contributed by atoms with van der Waals surface area (Å²) in [5.41, 5.74) is -3.03. The molecule has 186 valence electrons. The second kappa shape index (κ2) is 9.50. The standard InChI is InChI=1S/C22H19ClF5N5O2/c23-18-13(2-1-3-16(18)25)15-10-12(24)6-7-21(15,35)11-29-20(34)14-4-5-17(22(26,27)28)32-19(14)33-30-8-9-31-33/h1-5,8-9,12,15,35H,6-7,10-11H2,(H,29,34). The second-order valence-corrected chi connectivity index (χ2v) is 8.62. The van der Waals surface area contributed by atoms with Crippen molar-refractivity contribution < 1.29 is 31.9 Å². The van der Waals surface area contributed by atoms with Gasteiger partial charge in [-0.2, -0.15) is 23.4 Å². The van der Waals surface area contributed by atoms with Gasteiger partial charge in [0.05, 0.1) is 28.6 Å². The third-order valence-electron chi connectivity index (χ3n) is 5.96. The van der Waals surface area contributed by atoms with E-state index in [1.807, 2.05) is 0 Å². The zero-order chi connectivity index (χ0) is 25.4. The summed E-state index contributed by atoms with van der Waals surface area (Å²) >= 11 is 6.08. The Balaban J connectivity index is 1.62. The molecule has 1 fully saturated rings. The van der Waals surface area contributed by atoms with Crippen LogP contribution in [0.5, 0.6) is 0 Å². The van der Waals surface area contributed by atoms with Crippen molar-refractivity contribution in [3.63, 3.8) is 0 Å². The summed E-state index contributed by atoms with van der Waals surface area (Å²) in [5.74, 6) is -3.00. The number of halogens is 6. The number of carbonyl (C=O) groups excluding carboxylic acids is 1. The van der Waals surface area contributed by atoms with Crippen LogP contribution in [-0.4, -0.2) is 49.3 Å². The molecule has 4 rings (SSSR count). The van der Waals surface area contributed by atoms with E-state index in [-0.39, 0.29) is 35.4 Å². The van der Waals surface area contributed by atoms with E-state index in [0.717, 1.165) is 16.9 Å². The van der Waals surface area contributed by atoms with Crippen LogP contribution in [0.15, 0.2) is 42.7 Å². The van der Waals surface area contributed by atoms with Crippen molar-refractivity contribution >= 4 is 17.5 Å². The molecule has 0 spiro atoms. The molecule has 0 aliphatic heterocycles. The number of aliphatic hydroxyl groups is 1. The molecule has 2 aromatic heterocycles. The summed E-state index contributed by atoms with van der Waals surface area (Å²) in [7, 11) is 0. The summed E-state index contributed by atoms with van der Waals surface area (Å²) in [5, 5.41) is 21.1. The van der Waals surface area contributed by atoms with Gasteiger partial charge in [0, 0.05) is 12.5 Å². The van der Waals surface area contributed by atoms with E-state index in [2.05, 4.69) is 20.5 Å². The van der Waals surface area contributed by atoms with E-state index in [1.165, 1.54) is 24.5 Å². The highest BCUT2D eigenvalue weighted by molar-refractivity contribution is 6.31. The summed E-state index contributed by atoms with van der Waals surface area (Å²) in [4.78, 5) is 17.2. The van der Waals surface area contributed by atoms with E-state index in [0.29, 0.717) is 6.07 Å². The molecule has 1 aliphatic carbocycles. The van der Waals surface area contributed by atoms with Gasteiger partial charge in [0.2, 0.25) is 0 Å². The molecular formula is C22H19ClF5N5O2. The van der Waals surface area contributed by atoms with Crippen LogP contribution in [0.4, 0.5) is 22.0 Å². The number of carbonyl (C=O) groups is 1. The number of alkyl halides is 4. The van der Waals surface area contributed by atoms with Crippen LogP contribution in [0.1, 0.15) is 46.8 Å². The van der Waals surface area contributed by atoms with Crippen molar-refractivity contribution in [1.82, 2.24) is 25.3 Å². The largest absolute Gasteiger partial charge is 0.433 e. The summed E-state index contributed by atoms with van der Waals surface area (Å²) in [6.07, 6.45) is -3.85. The molecule has 0 radical (unpaired) electrons. The van der Waals surface area contributed by atoms with Gasteiger partial charge in [-0.3, -0.25) is 4.79 Å². The van der Waals surface area contributed by atoms with Crippen molar-refractivity contribution in [3.05, 3.63) is 70.4 Å². The first-order valence-corrected chi connectivity index (χ1v) is 10.9. The van der Waals surface area contributed by atoms with Gasteiger partial charge in [0.15, 0.2) is 5.82 Å². The van der Waals surface area contributed by atoms with Crippen LogP contribution in [0.2, 0.25) is 5.02 Å². The van der Waals surface area contributed by atoms with Crippen molar-refractivity contribution in [2.45, 2.75) is 43.1 Å². The van der Waals surface area contributed by atoms with Crippen molar-refractivity contribution in [3.8, 4) is 5.82 Å². The number of benzene rings is 1. The van der Waals surface area contributed by atoms with Crippen LogP contribution < -0.4 is 5.32 Å². The number of hydrogen-bond acceptors (Lipinski definition) is 5. The first kappa shape index (κ1) is 25.0. The number of nitrogens with zero attached hydrogens (tertiary/aromatic N) is 4. The number of hydrogen-bond donors (Lipinski definition) is 2. The molecular weight excluding hydrogens is 497 g/mol. The topological polar surface area (TPSA) is 92.9 Å². The predicted octanol–water partition coefficient (Wildman–Crippen LogP) is 4.24. The monoisotopic (exact) mass is 515 g/mol. The first-order chi connectivity index (χ1) is 16.5. The summed E-state index contributed by atoms with van der Waals surface area (Å²) < 4.78 is 67.8. The van der Waals surface area contributed by atoms with Crippen LogP contribution in [0.25, 0.3) is 5.82 Å². The van der Waals surface area contributed by atoms with E-state index in [9.17, 15) is 31.9 Å². The molecule has 2 heterocycles. The smallest absolute Gasteiger partial charge is 0.387 e. The minimum absolute atomic E-state index is 0.0000968. The SMILES string of the molecule is O=C(NCC1(O)CCC(F)CC1c1cccc(F)c1Cl)c1ccc(C(F)(F)F)nc1-n1nccn1. The van der Waals surface area contributed by atoms with Crippen molar-refractivity contribution in [1.29, 1.82) is 0 Å². The van der Waals surface area contributed by atoms with E-state index in [1.54, 1.807) is 0 Å². The average molecular weight is 516 g/mol. The Labute approximate surface area is 200 Å². The molecule has 7 nitrogen and oxygen atoms in total. The first-order valence-electron chi connectivity index (χ1n) is 10.5. The van der Waals surface area contributed by atoms with Gasteiger partial charge in [0.25, 0.3) is 5.91 Å². The molecule has 1 amide bonds. The van der Waals surface area contributed by atoms with Gasteiger partial charge in [-0.15, -0.1) is 4.80 Å². The highest BCUT2D eigenvalue weighted by Gasteiger charge is 2.44. The number of pyridine rings is 1. The number of rotatable bonds is 5. The molecule has 3 unspecified atom stereocenters. The molecule has 13 heteroatoms. The number of nitrogens with one attached hydrogen (secondary N) is 1. The maximum Gasteiger partial charge on any atom is 0.433 e. The zero-order valence-corrected chi connectivity index (χ0v) is 18.7. The quantitative estimate of drug-likeness (QED) is 0.496. The lowest BCUT2D eigenvalue weighted by atomic mass is 9.71. The third kappa shape index (κ3) is 5.13. The molecule has 0 saturated heterocycles. The zero-order valence-electron chi connectivity index (χ0n) is 17.9. The Morgan fingerprint density at radius 3 is 2.63 bits per heavy atom. The molecule has 1 saturated carbocycles. The molecule has 35 heavy (non-hydrogen) atoms. The molecule has 1 aromatic carbocycles. The highest BCUT2D eigenvalue weighted by Crippen LogP contribution is 2.44. The minimum atomic E-state index is -4.77. The summed E-state index contributed by atoms with van der Waals surface area (Å²) in [6.45, 7) is -0.400. The van der Waals surface area contributed by atoms with Crippen molar-refractivity contribution in [2.75, 3.05) is 6.54 Å². The van der Waals surface area contributed by atoms with Gasteiger partial charge >= 0.3 is 6.18 Å². The van der Waals surface area contributed by atoms with E-state index < -0.39 is 53.6 Å². The highest BCUT2D eigenvalue weighted by atomic mass is 35.5. The molecule has 1 aliphatic rings. The van der Waals surface area contributed by atoms with Gasteiger partial charge in [-0.1, -0.05) is 23.7 Å². The Morgan fingerprint density at radius 2 is 1.94 bits per heavy atom. The fourth-order valence-electron chi connectivity index (χ4n) is 4.18. The van der Waals surface area contributed by atoms with E-state index >= 15 is 0 Å². The predicted molar refractivity (Wildman–Crippen MR) is 114 cm³/mol. The Kier molecular flexibility index (Phi) is 6.78. The molecule has 2 N–H and O–H groups in total. The average Bonchev–Trinajstić information content (AvgIpc) is 3.35. The normalized spacial score (nSPS) is 22.7. The van der Waals surface area contributed by atoms with Gasteiger partial charge < -0.3 is 10.4 Å². The second-order valence-electron chi connectivity index (χ2n) is 8.24. The Bertz CT molecular complexity index is 1220. The Hall–Kier alpha value is -3.12. The van der Waals surface area contributed by atoms with Crippen LogP contribution in [0, 0.1) is 5.82 Å². The molecule has 0 bridgehead atoms. The van der Waals surface area contributed by atoms with Crippen LogP contribution in [-0.2, 0) is 6.18 Å². The summed E-state index contributed by atoms with van der Waals surface area (Å²) in [6, 6.07) is 5.55. The van der Waals surface area contributed by atoms with Crippen LogP contribution >= 0.6 is 11.6 Å². The van der Waals surface area contributed by atoms with E-state index in [4.69, 9.17) is 11.6 Å². The van der Waals surface area contributed by atoms with Crippen molar-refractivity contribution in [2.24, 2.45) is 0 Å². The Morgan fingerprint density at radius 1 is 1.23 bits per heavy atom. The minimum Gasteiger partial charge on any atom is -0.387 e. The lowest BCUT2D eigenvalue weighted by Gasteiger charge is -2.42. The lowest BCUT2D eigenvalue weighted by molar-refractivity contribution is -0.141. The van der Waals surface area contributed by atoms with Gasteiger partial charge in [-0.05, 0) is 43.0 Å². The fraction of sp³-hybridized carbons (Fsp3) is 0.364. The van der Waals surface area contributed by atoms with Gasteiger partial charge in [0.1, 0.15) is 17.7 Å². The maximum atomic E-state index is 14.3.